The summed E-state index contributed by atoms with van der Waals surface area (Å²) in [7, 11) is 0. The molecule has 3 N–H and O–H groups in total. The number of aliphatic hydroxyl groups is 2. The van der Waals surface area contributed by atoms with Gasteiger partial charge in [0.2, 0.25) is 5.79 Å². The van der Waals surface area contributed by atoms with Gasteiger partial charge in [-0.25, -0.2) is 4.79 Å². The van der Waals surface area contributed by atoms with E-state index >= 15 is 0 Å². The van der Waals surface area contributed by atoms with Crippen molar-refractivity contribution in [1.82, 2.24) is 9.55 Å². The van der Waals surface area contributed by atoms with Crippen LogP contribution in [0.5, 0.6) is 0 Å². The van der Waals surface area contributed by atoms with Crippen LogP contribution in [0.4, 0.5) is 0 Å². The fourth-order valence-electron chi connectivity index (χ4n) is 2.85. The van der Waals surface area contributed by atoms with Crippen LogP contribution in [0.15, 0.2) is 15.8 Å². The molecule has 0 radical (unpaired) electrons. The molecule has 3 rings (SSSR count). The third-order valence-electron chi connectivity index (χ3n) is 3.91. The van der Waals surface area contributed by atoms with Crippen LogP contribution >= 0.6 is 0 Å². The molecule has 2 saturated heterocycles. The average molecular weight is 314 g/mol. The van der Waals surface area contributed by atoms with Crippen molar-refractivity contribution in [1.29, 1.82) is 0 Å². The van der Waals surface area contributed by atoms with E-state index in [1.807, 2.05) is 0 Å². The number of aryl methyl sites for hydroxylation is 1. The molecule has 9 heteroatoms. The van der Waals surface area contributed by atoms with Crippen LogP contribution in [0, 0.1) is 6.92 Å². The number of hydrogen-bond donors (Lipinski definition) is 3. The summed E-state index contributed by atoms with van der Waals surface area (Å²) in [5.41, 5.74) is -0.942. The first kappa shape index (κ1) is 15.4. The first-order chi connectivity index (χ1) is 10.4. The van der Waals surface area contributed by atoms with Gasteiger partial charge in [0.25, 0.3) is 5.56 Å². The van der Waals surface area contributed by atoms with E-state index in [2.05, 4.69) is 4.98 Å². The zero-order chi connectivity index (χ0) is 16.1. The Bertz CT molecular complexity index is 684. The van der Waals surface area contributed by atoms with Gasteiger partial charge in [-0.2, -0.15) is 0 Å². The van der Waals surface area contributed by atoms with Crippen LogP contribution in [0.1, 0.15) is 18.7 Å². The van der Waals surface area contributed by atoms with Gasteiger partial charge < -0.3 is 24.4 Å². The maximum absolute atomic E-state index is 12.0. The maximum atomic E-state index is 12.0. The predicted molar refractivity (Wildman–Crippen MR) is 72.3 cm³/mol. The van der Waals surface area contributed by atoms with E-state index in [4.69, 9.17) is 14.2 Å². The molecule has 0 aromatic carbocycles. The predicted octanol–water partition coefficient (Wildman–Crippen LogP) is -1.77. The molecular weight excluding hydrogens is 296 g/mol. The van der Waals surface area contributed by atoms with Gasteiger partial charge in [0.15, 0.2) is 6.23 Å². The Morgan fingerprint density at radius 1 is 1.45 bits per heavy atom. The van der Waals surface area contributed by atoms with Crippen LogP contribution in [-0.2, 0) is 14.2 Å². The van der Waals surface area contributed by atoms with E-state index in [0.717, 1.165) is 4.57 Å². The molecule has 3 heterocycles. The molecule has 0 amide bonds. The molecule has 0 bridgehead atoms. The van der Waals surface area contributed by atoms with Gasteiger partial charge >= 0.3 is 5.69 Å². The van der Waals surface area contributed by atoms with Gasteiger partial charge in [-0.15, -0.1) is 0 Å². The third-order valence-corrected chi connectivity index (χ3v) is 3.91. The Balaban J connectivity index is 2.02. The molecule has 2 aliphatic rings. The summed E-state index contributed by atoms with van der Waals surface area (Å²) >= 11 is 0. The zero-order valence-electron chi connectivity index (χ0n) is 12.2. The number of nitrogens with zero attached hydrogens (tertiary/aromatic N) is 1. The molecule has 2 fully saturated rings. The molecule has 1 aromatic rings. The second kappa shape index (κ2) is 5.28. The quantitative estimate of drug-likeness (QED) is 0.590. The lowest BCUT2D eigenvalue weighted by Crippen LogP contribution is -2.56. The first-order valence-electron chi connectivity index (χ1n) is 6.96. The Hall–Kier alpha value is -1.52. The average Bonchev–Trinajstić information content (AvgIpc) is 2.76. The van der Waals surface area contributed by atoms with Crippen molar-refractivity contribution in [2.24, 2.45) is 0 Å². The fourth-order valence-corrected chi connectivity index (χ4v) is 2.85. The minimum atomic E-state index is -1.54. The molecule has 1 aromatic heterocycles. The summed E-state index contributed by atoms with van der Waals surface area (Å²) in [4.78, 5) is 25.5. The number of aromatic amines is 1. The van der Waals surface area contributed by atoms with E-state index in [0.29, 0.717) is 5.56 Å². The van der Waals surface area contributed by atoms with Crippen molar-refractivity contribution < 1.29 is 24.4 Å². The second-order valence-corrected chi connectivity index (χ2v) is 5.63. The number of hydrogen-bond acceptors (Lipinski definition) is 7. The molecule has 122 valence electrons. The van der Waals surface area contributed by atoms with E-state index in [9.17, 15) is 19.8 Å². The fraction of sp³-hybridized carbons (Fsp3) is 0.692. The molecule has 5 atom stereocenters. The molecule has 9 nitrogen and oxygen atoms in total. The minimum absolute atomic E-state index is 0.235. The molecule has 0 saturated carbocycles. The largest absolute Gasteiger partial charge is 0.391 e. The van der Waals surface area contributed by atoms with Gasteiger partial charge in [0.1, 0.15) is 18.8 Å². The number of ether oxygens (including phenoxy) is 3. The Labute approximate surface area is 125 Å². The van der Waals surface area contributed by atoms with Crippen molar-refractivity contribution in [2.45, 2.75) is 44.2 Å². The number of aliphatic hydroxyl groups excluding tert-OH is 2. The van der Waals surface area contributed by atoms with Gasteiger partial charge in [0, 0.05) is 11.8 Å². The van der Waals surface area contributed by atoms with Gasteiger partial charge in [-0.05, 0) is 13.8 Å². The topological polar surface area (TPSA) is 123 Å². The highest BCUT2D eigenvalue weighted by Crippen LogP contribution is 2.42. The molecule has 22 heavy (non-hydrogen) atoms. The summed E-state index contributed by atoms with van der Waals surface area (Å²) < 4.78 is 17.8. The molecule has 0 aliphatic carbocycles. The summed E-state index contributed by atoms with van der Waals surface area (Å²) in [6.07, 6.45) is -2.34. The van der Waals surface area contributed by atoms with Crippen molar-refractivity contribution in [3.8, 4) is 0 Å². The van der Waals surface area contributed by atoms with Crippen LogP contribution in [0.3, 0.4) is 0 Å². The van der Waals surface area contributed by atoms with Gasteiger partial charge in [0.05, 0.1) is 12.7 Å². The highest BCUT2D eigenvalue weighted by molar-refractivity contribution is 5.05. The molecule has 0 unspecified atom stereocenters. The third kappa shape index (κ3) is 2.22. The monoisotopic (exact) mass is 314 g/mol. The Morgan fingerprint density at radius 3 is 2.86 bits per heavy atom. The minimum Gasteiger partial charge on any atom is -0.391 e. The van der Waals surface area contributed by atoms with Crippen molar-refractivity contribution in [2.75, 3.05) is 13.2 Å². The Morgan fingerprint density at radius 2 is 2.18 bits per heavy atom. The lowest BCUT2D eigenvalue weighted by atomic mass is 10.1. The van der Waals surface area contributed by atoms with Crippen LogP contribution < -0.4 is 11.2 Å². The van der Waals surface area contributed by atoms with E-state index < -0.39 is 42.1 Å². The van der Waals surface area contributed by atoms with E-state index in [1.165, 1.54) is 13.1 Å². The molecular formula is C13H18N2O7. The molecule has 0 spiro atoms. The van der Waals surface area contributed by atoms with Gasteiger partial charge in [-0.1, -0.05) is 0 Å². The van der Waals surface area contributed by atoms with Crippen LogP contribution in [0.25, 0.3) is 0 Å². The second-order valence-electron chi connectivity index (χ2n) is 5.63. The highest BCUT2D eigenvalue weighted by Gasteiger charge is 2.60. The van der Waals surface area contributed by atoms with Crippen molar-refractivity contribution in [3.05, 3.63) is 32.6 Å². The highest BCUT2D eigenvalue weighted by atomic mass is 16.8. The van der Waals surface area contributed by atoms with E-state index in [-0.39, 0.29) is 12.7 Å². The van der Waals surface area contributed by atoms with E-state index in [1.54, 1.807) is 6.92 Å². The normalized spacial score (nSPS) is 38.0. The summed E-state index contributed by atoms with van der Waals surface area (Å²) in [5, 5.41) is 20.0. The van der Waals surface area contributed by atoms with Crippen molar-refractivity contribution in [3.63, 3.8) is 0 Å². The zero-order valence-corrected chi connectivity index (χ0v) is 12.2. The summed E-state index contributed by atoms with van der Waals surface area (Å²) in [6.45, 7) is 2.97. The maximum Gasteiger partial charge on any atom is 0.330 e. The SMILES string of the molecule is Cc1cn([C@@H]2O[C@@]3(CO)O[C@@H](C)CO[C@H]3[C@H]2O)c(=O)[nH]c1=O. The summed E-state index contributed by atoms with van der Waals surface area (Å²) in [5.74, 6) is -1.54. The number of H-pyrrole nitrogens is 1. The Kier molecular flexibility index (Phi) is 3.69. The first-order valence-corrected chi connectivity index (χ1v) is 6.96. The smallest absolute Gasteiger partial charge is 0.330 e. The van der Waals surface area contributed by atoms with Crippen molar-refractivity contribution >= 4 is 0 Å². The lowest BCUT2D eigenvalue weighted by Gasteiger charge is -2.39. The number of fused-ring (bicyclic) bond motifs is 1. The summed E-state index contributed by atoms with van der Waals surface area (Å²) in [6, 6.07) is 0. The van der Waals surface area contributed by atoms with Gasteiger partial charge in [-0.3, -0.25) is 14.3 Å². The van der Waals surface area contributed by atoms with Crippen LogP contribution in [0.2, 0.25) is 0 Å². The molecule has 2 aliphatic heterocycles. The number of rotatable bonds is 2. The number of aromatic nitrogens is 2. The van der Waals surface area contributed by atoms with Crippen LogP contribution in [-0.4, -0.2) is 57.1 Å². The number of nitrogens with one attached hydrogen (secondary N) is 1. The lowest BCUT2D eigenvalue weighted by molar-refractivity contribution is -0.336. The standard InChI is InChI=1S/C13H18N2O7/c1-6-3-15(12(19)14-10(6)18)11-8(17)9-13(5-16,22-11)21-7(2)4-20-9/h3,7-9,11,16-17H,4-5H2,1-2H3,(H,14,18,19)/t7-,8+,9-,11+,13+/m0/s1.